The molecule has 1 N–H and O–H groups in total. The van der Waals surface area contributed by atoms with Gasteiger partial charge in [-0.1, -0.05) is 38.1 Å². The lowest BCUT2D eigenvalue weighted by Gasteiger charge is -2.24. The van der Waals surface area contributed by atoms with Gasteiger partial charge in [0.1, 0.15) is 0 Å². The molecule has 19 heavy (non-hydrogen) atoms. The number of para-hydroxylation sites is 1. The molecule has 1 fully saturated rings. The number of benzene rings is 1. The van der Waals surface area contributed by atoms with Crippen molar-refractivity contribution in [3.63, 3.8) is 0 Å². The molecule has 1 amide bonds. The zero-order valence-corrected chi connectivity index (χ0v) is 12.0. The van der Waals surface area contributed by atoms with Crippen molar-refractivity contribution >= 4 is 11.6 Å². The first-order valence-electron chi connectivity index (χ1n) is 6.87. The molecule has 102 valence electrons. The SMILES string of the molecule is C=C1N(c2ccccc2CCCC)NC(=O)C1(C)C. The largest absolute Gasteiger partial charge is 0.272 e. The van der Waals surface area contributed by atoms with E-state index < -0.39 is 5.41 Å². The van der Waals surface area contributed by atoms with Crippen molar-refractivity contribution < 1.29 is 4.79 Å². The molecular weight excluding hydrogens is 236 g/mol. The second-order valence-corrected chi connectivity index (χ2v) is 5.58. The predicted molar refractivity (Wildman–Crippen MR) is 78.6 cm³/mol. The Morgan fingerprint density at radius 3 is 2.58 bits per heavy atom. The standard InChI is InChI=1S/C16H22N2O/c1-5-6-9-13-10-7-8-11-14(13)18-12(2)16(3,4)15(19)17-18/h7-8,10-11H,2,5-6,9H2,1,3-4H3,(H,17,19). The van der Waals surface area contributed by atoms with Crippen LogP contribution in [0.3, 0.4) is 0 Å². The monoisotopic (exact) mass is 258 g/mol. The molecule has 1 aromatic rings. The summed E-state index contributed by atoms with van der Waals surface area (Å²) >= 11 is 0. The molecule has 0 radical (unpaired) electrons. The number of anilines is 1. The maximum Gasteiger partial charge on any atom is 0.250 e. The van der Waals surface area contributed by atoms with Crippen molar-refractivity contribution in [1.82, 2.24) is 5.43 Å². The highest BCUT2D eigenvalue weighted by Crippen LogP contribution is 2.37. The second kappa shape index (κ2) is 5.08. The number of hydrogen-bond acceptors (Lipinski definition) is 2. The van der Waals surface area contributed by atoms with Gasteiger partial charge in [0.05, 0.1) is 11.1 Å². The first-order valence-corrected chi connectivity index (χ1v) is 6.87. The van der Waals surface area contributed by atoms with Gasteiger partial charge < -0.3 is 0 Å². The minimum absolute atomic E-state index is 0.00259. The topological polar surface area (TPSA) is 32.3 Å². The van der Waals surface area contributed by atoms with E-state index >= 15 is 0 Å². The summed E-state index contributed by atoms with van der Waals surface area (Å²) in [6, 6.07) is 8.20. The summed E-state index contributed by atoms with van der Waals surface area (Å²) in [7, 11) is 0. The van der Waals surface area contributed by atoms with Crippen molar-refractivity contribution in [1.29, 1.82) is 0 Å². The smallest absolute Gasteiger partial charge is 0.250 e. The van der Waals surface area contributed by atoms with E-state index in [1.807, 2.05) is 37.1 Å². The number of hydrazine groups is 1. The number of nitrogens with zero attached hydrogens (tertiary/aromatic N) is 1. The van der Waals surface area contributed by atoms with E-state index in [1.54, 1.807) is 0 Å². The van der Waals surface area contributed by atoms with E-state index in [9.17, 15) is 4.79 Å². The van der Waals surface area contributed by atoms with E-state index in [4.69, 9.17) is 0 Å². The molecule has 0 bridgehead atoms. The minimum atomic E-state index is -0.544. The van der Waals surface area contributed by atoms with Crippen molar-refractivity contribution in [2.24, 2.45) is 5.41 Å². The number of hydrogen-bond donors (Lipinski definition) is 1. The first kappa shape index (κ1) is 13.7. The summed E-state index contributed by atoms with van der Waals surface area (Å²) < 4.78 is 0. The Kier molecular flexibility index (Phi) is 3.65. The number of unbranched alkanes of at least 4 members (excludes halogenated alkanes) is 1. The van der Waals surface area contributed by atoms with E-state index in [-0.39, 0.29) is 5.91 Å². The molecule has 3 nitrogen and oxygen atoms in total. The molecule has 1 saturated heterocycles. The van der Waals surface area contributed by atoms with Crippen LogP contribution in [0, 0.1) is 5.41 Å². The van der Waals surface area contributed by atoms with Crippen LogP contribution in [0.5, 0.6) is 0 Å². The molecule has 2 rings (SSSR count). The first-order chi connectivity index (χ1) is 8.98. The lowest BCUT2D eigenvalue weighted by atomic mass is 9.90. The van der Waals surface area contributed by atoms with Gasteiger partial charge in [-0.05, 0) is 38.3 Å². The Hall–Kier alpha value is -1.77. The minimum Gasteiger partial charge on any atom is -0.272 e. The molecule has 0 aliphatic carbocycles. The summed E-state index contributed by atoms with van der Waals surface area (Å²) in [5.74, 6) is 0.00259. The molecule has 0 atom stereocenters. The van der Waals surface area contributed by atoms with Crippen molar-refractivity contribution in [2.45, 2.75) is 40.0 Å². The van der Waals surface area contributed by atoms with Gasteiger partial charge in [0.15, 0.2) is 0 Å². The maximum atomic E-state index is 12.0. The average Bonchev–Trinajstić information content (AvgIpc) is 2.60. The van der Waals surface area contributed by atoms with Gasteiger partial charge >= 0.3 is 0 Å². The van der Waals surface area contributed by atoms with Crippen LogP contribution in [0.25, 0.3) is 0 Å². The predicted octanol–water partition coefficient (Wildman–Crippen LogP) is 3.42. The number of aryl methyl sites for hydroxylation is 1. The van der Waals surface area contributed by atoms with Gasteiger partial charge in [-0.2, -0.15) is 0 Å². The highest BCUT2D eigenvalue weighted by molar-refractivity contribution is 5.92. The number of carbonyl (C=O) groups is 1. The third-order valence-corrected chi connectivity index (χ3v) is 3.80. The highest BCUT2D eigenvalue weighted by Gasteiger charge is 2.42. The number of rotatable bonds is 4. The Morgan fingerprint density at radius 1 is 1.32 bits per heavy atom. The van der Waals surface area contributed by atoms with Gasteiger partial charge in [0.25, 0.3) is 0 Å². The second-order valence-electron chi connectivity index (χ2n) is 5.58. The van der Waals surface area contributed by atoms with Crippen LogP contribution < -0.4 is 10.4 Å². The third kappa shape index (κ3) is 2.37. The summed E-state index contributed by atoms with van der Waals surface area (Å²) in [6.07, 6.45) is 3.33. The van der Waals surface area contributed by atoms with Gasteiger partial charge in [0, 0.05) is 5.70 Å². The van der Waals surface area contributed by atoms with E-state index in [1.165, 1.54) is 5.56 Å². The summed E-state index contributed by atoms with van der Waals surface area (Å²) in [5, 5.41) is 1.84. The van der Waals surface area contributed by atoms with Gasteiger partial charge in [-0.3, -0.25) is 15.2 Å². The Balaban J connectivity index is 2.33. The molecule has 1 aromatic carbocycles. The zero-order valence-electron chi connectivity index (χ0n) is 12.0. The summed E-state index contributed by atoms with van der Waals surface area (Å²) in [4.78, 5) is 12.0. The third-order valence-electron chi connectivity index (χ3n) is 3.80. The van der Waals surface area contributed by atoms with Crippen molar-refractivity contribution in [3.8, 4) is 0 Å². The molecule has 0 saturated carbocycles. The Morgan fingerprint density at radius 2 is 2.00 bits per heavy atom. The summed E-state index contributed by atoms with van der Waals surface area (Å²) in [6.45, 7) is 10.1. The van der Waals surface area contributed by atoms with Crippen LogP contribution in [0.1, 0.15) is 39.2 Å². The quantitative estimate of drug-likeness (QED) is 0.897. The fourth-order valence-electron chi connectivity index (χ4n) is 2.23. The van der Waals surface area contributed by atoms with Crippen LogP contribution >= 0.6 is 0 Å². The van der Waals surface area contributed by atoms with E-state index in [0.717, 1.165) is 30.6 Å². The van der Waals surface area contributed by atoms with E-state index in [2.05, 4.69) is 25.0 Å². The zero-order chi connectivity index (χ0) is 14.0. The van der Waals surface area contributed by atoms with Gasteiger partial charge in [-0.15, -0.1) is 0 Å². The van der Waals surface area contributed by atoms with Crippen LogP contribution in [0.2, 0.25) is 0 Å². The lowest BCUT2D eigenvalue weighted by Crippen LogP contribution is -2.33. The van der Waals surface area contributed by atoms with Crippen LogP contribution in [-0.2, 0) is 11.2 Å². The number of nitrogens with one attached hydrogen (secondary N) is 1. The molecule has 3 heteroatoms. The molecular formula is C16H22N2O. The van der Waals surface area contributed by atoms with E-state index in [0.29, 0.717) is 0 Å². The molecule has 0 unspecified atom stereocenters. The molecule has 1 aliphatic rings. The molecule has 0 spiro atoms. The average molecular weight is 258 g/mol. The number of carbonyl (C=O) groups excluding carboxylic acids is 1. The molecule has 0 aromatic heterocycles. The maximum absolute atomic E-state index is 12.0. The normalized spacial score (nSPS) is 17.7. The fraction of sp³-hybridized carbons (Fsp3) is 0.438. The van der Waals surface area contributed by atoms with Gasteiger partial charge in [-0.25, -0.2) is 0 Å². The van der Waals surface area contributed by atoms with Gasteiger partial charge in [0.2, 0.25) is 5.91 Å². The fourth-order valence-corrected chi connectivity index (χ4v) is 2.23. The van der Waals surface area contributed by atoms with Crippen LogP contribution in [0.15, 0.2) is 36.5 Å². The lowest BCUT2D eigenvalue weighted by molar-refractivity contribution is -0.125. The molecule has 1 heterocycles. The number of amides is 1. The van der Waals surface area contributed by atoms with Crippen LogP contribution in [0.4, 0.5) is 5.69 Å². The molecule has 1 aliphatic heterocycles. The Labute approximate surface area is 115 Å². The van der Waals surface area contributed by atoms with Crippen molar-refractivity contribution in [3.05, 3.63) is 42.1 Å². The highest BCUT2D eigenvalue weighted by atomic mass is 16.2. The van der Waals surface area contributed by atoms with Crippen molar-refractivity contribution in [2.75, 3.05) is 5.01 Å². The van der Waals surface area contributed by atoms with Crippen LogP contribution in [-0.4, -0.2) is 5.91 Å². The Bertz CT molecular complexity index is 505. The summed E-state index contributed by atoms with van der Waals surface area (Å²) in [5.41, 5.74) is 5.48.